The van der Waals surface area contributed by atoms with E-state index in [1.54, 1.807) is 6.92 Å². The Morgan fingerprint density at radius 3 is 2.24 bits per heavy atom. The van der Waals surface area contributed by atoms with E-state index in [9.17, 15) is 9.59 Å². The number of likely N-dealkylation sites (tertiary alicyclic amines) is 2. The van der Waals surface area contributed by atoms with Gasteiger partial charge in [-0.1, -0.05) is 0 Å². The molecule has 0 aromatic carbocycles. The van der Waals surface area contributed by atoms with E-state index in [1.165, 1.54) is 0 Å². The first-order valence-corrected chi connectivity index (χ1v) is 8.40. The van der Waals surface area contributed by atoms with Crippen LogP contribution < -0.4 is 5.32 Å². The van der Waals surface area contributed by atoms with E-state index in [2.05, 4.69) is 10.2 Å². The molecule has 5 nitrogen and oxygen atoms in total. The van der Waals surface area contributed by atoms with Crippen LogP contribution in [-0.4, -0.2) is 60.9 Å². The van der Waals surface area contributed by atoms with Crippen molar-refractivity contribution < 1.29 is 9.59 Å². The fraction of sp³-hybridized carbons (Fsp3) is 0.875. The lowest BCUT2D eigenvalue weighted by atomic mass is 9.92. The molecule has 3 aliphatic rings. The van der Waals surface area contributed by atoms with Gasteiger partial charge in [-0.05, 0) is 50.6 Å². The Bertz CT molecular complexity index is 398. The number of fused-ring (bicyclic) bond motifs is 1. The highest BCUT2D eigenvalue weighted by Crippen LogP contribution is 2.28. The SMILES string of the molecule is CC(=O)N1CCCC(C(=O)N2CC[C@@H]3CNC[C@@H]3CC2)C1. The van der Waals surface area contributed by atoms with E-state index < -0.39 is 0 Å². The number of rotatable bonds is 1. The topological polar surface area (TPSA) is 52.7 Å². The summed E-state index contributed by atoms with van der Waals surface area (Å²) in [7, 11) is 0. The fourth-order valence-electron chi connectivity index (χ4n) is 4.16. The molecule has 1 unspecified atom stereocenters. The van der Waals surface area contributed by atoms with Crippen molar-refractivity contribution in [3.8, 4) is 0 Å². The average Bonchev–Trinajstić information content (AvgIpc) is 2.85. The summed E-state index contributed by atoms with van der Waals surface area (Å²) in [5.74, 6) is 1.92. The molecule has 0 radical (unpaired) electrons. The molecule has 2 amide bonds. The van der Waals surface area contributed by atoms with Gasteiger partial charge in [0.25, 0.3) is 0 Å². The second-order valence-electron chi connectivity index (χ2n) is 6.89. The van der Waals surface area contributed by atoms with Gasteiger partial charge in [0.2, 0.25) is 11.8 Å². The third-order valence-corrected chi connectivity index (χ3v) is 5.55. The van der Waals surface area contributed by atoms with Gasteiger partial charge in [-0.2, -0.15) is 0 Å². The van der Waals surface area contributed by atoms with Gasteiger partial charge in [-0.15, -0.1) is 0 Å². The second kappa shape index (κ2) is 6.34. The first-order valence-electron chi connectivity index (χ1n) is 8.40. The van der Waals surface area contributed by atoms with E-state index in [0.29, 0.717) is 6.54 Å². The highest BCUT2D eigenvalue weighted by Gasteiger charge is 2.34. The molecule has 0 aromatic heterocycles. The molecular formula is C16H27N3O2. The maximum absolute atomic E-state index is 12.8. The molecular weight excluding hydrogens is 266 g/mol. The summed E-state index contributed by atoms with van der Waals surface area (Å²) in [6, 6.07) is 0. The number of hydrogen-bond acceptors (Lipinski definition) is 3. The molecule has 3 fully saturated rings. The van der Waals surface area contributed by atoms with Crippen molar-refractivity contribution in [1.29, 1.82) is 0 Å². The van der Waals surface area contributed by atoms with Crippen molar-refractivity contribution in [3.63, 3.8) is 0 Å². The molecule has 1 N–H and O–H groups in total. The minimum Gasteiger partial charge on any atom is -0.342 e. The van der Waals surface area contributed by atoms with Crippen LogP contribution in [0, 0.1) is 17.8 Å². The molecule has 118 valence electrons. The third-order valence-electron chi connectivity index (χ3n) is 5.55. The fourth-order valence-corrected chi connectivity index (χ4v) is 4.16. The monoisotopic (exact) mass is 293 g/mol. The Morgan fingerprint density at radius 2 is 1.62 bits per heavy atom. The van der Waals surface area contributed by atoms with Crippen LogP contribution in [0.5, 0.6) is 0 Å². The lowest BCUT2D eigenvalue weighted by Crippen LogP contribution is -2.46. The van der Waals surface area contributed by atoms with Gasteiger partial charge < -0.3 is 15.1 Å². The van der Waals surface area contributed by atoms with Crippen molar-refractivity contribution in [1.82, 2.24) is 15.1 Å². The minimum absolute atomic E-state index is 0.0266. The predicted octanol–water partition coefficient (Wildman–Crippen LogP) is 0.703. The molecule has 0 saturated carbocycles. The summed E-state index contributed by atoms with van der Waals surface area (Å²) in [6.07, 6.45) is 4.16. The third kappa shape index (κ3) is 3.23. The van der Waals surface area contributed by atoms with Crippen LogP contribution in [0.15, 0.2) is 0 Å². The molecule has 0 aliphatic carbocycles. The van der Waals surface area contributed by atoms with Crippen molar-refractivity contribution in [2.24, 2.45) is 17.8 Å². The molecule has 21 heavy (non-hydrogen) atoms. The highest BCUT2D eigenvalue weighted by atomic mass is 16.2. The van der Waals surface area contributed by atoms with Gasteiger partial charge in [-0.25, -0.2) is 0 Å². The van der Waals surface area contributed by atoms with Crippen LogP contribution in [0.1, 0.15) is 32.6 Å². The first kappa shape index (κ1) is 14.8. The zero-order valence-electron chi connectivity index (χ0n) is 13.0. The first-order chi connectivity index (χ1) is 10.1. The van der Waals surface area contributed by atoms with E-state index in [0.717, 1.165) is 70.2 Å². The Kier molecular flexibility index (Phi) is 4.48. The zero-order valence-corrected chi connectivity index (χ0v) is 13.0. The normalized spacial score (nSPS) is 33.5. The number of amides is 2. The van der Waals surface area contributed by atoms with Gasteiger partial charge in [-0.3, -0.25) is 9.59 Å². The van der Waals surface area contributed by atoms with E-state index in [1.807, 2.05) is 4.90 Å². The summed E-state index contributed by atoms with van der Waals surface area (Å²) >= 11 is 0. The smallest absolute Gasteiger partial charge is 0.227 e. The quantitative estimate of drug-likeness (QED) is 0.774. The van der Waals surface area contributed by atoms with Gasteiger partial charge in [0.1, 0.15) is 0 Å². The summed E-state index contributed by atoms with van der Waals surface area (Å²) < 4.78 is 0. The Labute approximate surface area is 127 Å². The summed E-state index contributed by atoms with van der Waals surface area (Å²) in [5.41, 5.74) is 0. The molecule has 3 aliphatic heterocycles. The Hall–Kier alpha value is -1.10. The standard InChI is InChI=1S/C16H27N3O2/c1-12(20)19-6-2-3-15(11-19)16(21)18-7-4-13-9-17-10-14(13)5-8-18/h13-15,17H,2-11H2,1H3/t13-,14+,15?. The van der Waals surface area contributed by atoms with Crippen LogP contribution >= 0.6 is 0 Å². The summed E-state index contributed by atoms with van der Waals surface area (Å²) in [6.45, 7) is 7.08. The van der Waals surface area contributed by atoms with E-state index in [4.69, 9.17) is 0 Å². The van der Waals surface area contributed by atoms with Crippen molar-refractivity contribution >= 4 is 11.8 Å². The minimum atomic E-state index is 0.0266. The summed E-state index contributed by atoms with van der Waals surface area (Å²) in [5, 5.41) is 3.47. The van der Waals surface area contributed by atoms with Crippen LogP contribution in [0.3, 0.4) is 0 Å². The number of hydrogen-bond donors (Lipinski definition) is 1. The van der Waals surface area contributed by atoms with E-state index in [-0.39, 0.29) is 17.7 Å². The van der Waals surface area contributed by atoms with Crippen LogP contribution in [0.2, 0.25) is 0 Å². The van der Waals surface area contributed by atoms with Crippen molar-refractivity contribution in [3.05, 3.63) is 0 Å². The molecule has 3 heterocycles. The molecule has 0 bridgehead atoms. The van der Waals surface area contributed by atoms with E-state index >= 15 is 0 Å². The number of nitrogens with zero attached hydrogens (tertiary/aromatic N) is 2. The number of carbonyl (C=O) groups is 2. The number of carbonyl (C=O) groups excluding carboxylic acids is 2. The summed E-state index contributed by atoms with van der Waals surface area (Å²) in [4.78, 5) is 28.2. The molecule has 0 aromatic rings. The number of nitrogens with one attached hydrogen (secondary N) is 1. The van der Waals surface area contributed by atoms with Gasteiger partial charge in [0.15, 0.2) is 0 Å². The molecule has 3 saturated heterocycles. The predicted molar refractivity (Wildman–Crippen MR) is 80.6 cm³/mol. The van der Waals surface area contributed by atoms with Crippen LogP contribution in [0.25, 0.3) is 0 Å². The lowest BCUT2D eigenvalue weighted by molar-refractivity contribution is -0.140. The lowest BCUT2D eigenvalue weighted by Gasteiger charge is -2.34. The molecule has 5 heteroatoms. The second-order valence-corrected chi connectivity index (χ2v) is 6.89. The highest BCUT2D eigenvalue weighted by molar-refractivity contribution is 5.80. The van der Waals surface area contributed by atoms with Gasteiger partial charge in [0, 0.05) is 33.1 Å². The van der Waals surface area contributed by atoms with Gasteiger partial charge >= 0.3 is 0 Å². The largest absolute Gasteiger partial charge is 0.342 e. The maximum atomic E-state index is 12.8. The molecule has 3 atom stereocenters. The number of piperidine rings is 1. The zero-order chi connectivity index (χ0) is 14.8. The molecule has 3 rings (SSSR count). The Morgan fingerprint density at radius 1 is 0.952 bits per heavy atom. The van der Waals surface area contributed by atoms with Gasteiger partial charge in [0.05, 0.1) is 5.92 Å². The van der Waals surface area contributed by atoms with Crippen molar-refractivity contribution in [2.75, 3.05) is 39.3 Å². The van der Waals surface area contributed by atoms with Crippen molar-refractivity contribution in [2.45, 2.75) is 32.6 Å². The average molecular weight is 293 g/mol. The van der Waals surface area contributed by atoms with Crippen LogP contribution in [-0.2, 0) is 9.59 Å². The molecule has 0 spiro atoms. The Balaban J connectivity index is 1.58. The maximum Gasteiger partial charge on any atom is 0.227 e. The van der Waals surface area contributed by atoms with Crippen LogP contribution in [0.4, 0.5) is 0 Å².